The average Bonchev–Trinajstić information content (AvgIpc) is 3.59. The van der Waals surface area contributed by atoms with Crippen LogP contribution >= 0.6 is 28.3 Å². The number of rotatable bonds is 9. The van der Waals surface area contributed by atoms with Gasteiger partial charge < -0.3 is 25.4 Å². The normalized spacial score (nSPS) is 17.5. The Hall–Kier alpha value is -4.95. The van der Waals surface area contributed by atoms with Gasteiger partial charge in [-0.2, -0.15) is 0 Å². The molecule has 0 radical (unpaired) electrons. The lowest BCUT2D eigenvalue weighted by atomic mass is 9.87. The lowest BCUT2D eigenvalue weighted by Crippen LogP contribution is -2.54. The molecule has 4 aliphatic rings. The summed E-state index contributed by atoms with van der Waals surface area (Å²) in [7, 11) is 3.23. The summed E-state index contributed by atoms with van der Waals surface area (Å²) in [6, 6.07) is 24.2. The van der Waals surface area contributed by atoms with Crippen LogP contribution in [0.3, 0.4) is 0 Å². The van der Waals surface area contributed by atoms with E-state index in [-0.39, 0.29) is 49.4 Å². The molecule has 4 aliphatic heterocycles. The molecule has 0 aliphatic carbocycles. The fourth-order valence-corrected chi connectivity index (χ4v) is 9.58. The first-order valence-electron chi connectivity index (χ1n) is 21.7. The number of piperidine rings is 2. The van der Waals surface area contributed by atoms with E-state index in [1.54, 1.807) is 14.2 Å². The predicted molar refractivity (Wildman–Crippen MR) is 257 cm³/mol. The van der Waals surface area contributed by atoms with Crippen molar-refractivity contribution in [2.45, 2.75) is 103 Å². The summed E-state index contributed by atoms with van der Waals surface area (Å²) in [5, 5.41) is 10.1. The van der Waals surface area contributed by atoms with Gasteiger partial charge in [-0.05, 0) is 138 Å². The van der Waals surface area contributed by atoms with E-state index in [0.29, 0.717) is 25.7 Å². The minimum Gasteiger partial charge on any atom is -0.497 e. The van der Waals surface area contributed by atoms with Crippen LogP contribution in [-0.2, 0) is 34.6 Å². The van der Waals surface area contributed by atoms with Crippen LogP contribution in [0.2, 0.25) is 0 Å². The van der Waals surface area contributed by atoms with E-state index >= 15 is 0 Å². The number of hydrogen-bond acceptors (Lipinski definition) is 8. The summed E-state index contributed by atoms with van der Waals surface area (Å²) in [5.41, 5.74) is 10.3. The molecule has 4 aromatic rings. The zero-order valence-corrected chi connectivity index (χ0v) is 40.9. The number of alkyl halides is 1. The number of nitrogens with one attached hydrogen (secondary N) is 3. The molecular weight excluding hydrogens is 896 g/mol. The van der Waals surface area contributed by atoms with Gasteiger partial charge in [0, 0.05) is 25.0 Å². The number of halogens is 2. The third-order valence-electron chi connectivity index (χ3n) is 12.2. The second-order valence-corrected chi connectivity index (χ2v) is 18.2. The molecule has 0 atom stereocenters. The van der Waals surface area contributed by atoms with E-state index in [1.807, 2.05) is 50.2 Å². The molecular formula is C50H64BrClN6O6. The van der Waals surface area contributed by atoms with Crippen LogP contribution in [0.5, 0.6) is 11.5 Å². The van der Waals surface area contributed by atoms with Gasteiger partial charge in [0.05, 0.1) is 27.3 Å². The number of hydrogen-bond donors (Lipinski definition) is 3. The Morgan fingerprint density at radius 1 is 0.516 bits per heavy atom. The second-order valence-electron chi connectivity index (χ2n) is 17.7. The molecule has 8 rings (SSSR count). The highest BCUT2D eigenvalue weighted by Crippen LogP contribution is 2.32. The van der Waals surface area contributed by atoms with E-state index in [4.69, 9.17) is 9.47 Å². The molecule has 6 amide bonds. The maximum Gasteiger partial charge on any atom is 0.325 e. The Morgan fingerprint density at radius 3 is 1.27 bits per heavy atom. The maximum absolute atomic E-state index is 13.3. The van der Waals surface area contributed by atoms with Gasteiger partial charge in [-0.3, -0.25) is 24.3 Å². The van der Waals surface area contributed by atoms with E-state index in [9.17, 15) is 19.2 Å². The van der Waals surface area contributed by atoms with Crippen molar-refractivity contribution in [1.82, 2.24) is 30.7 Å². The Kier molecular flexibility index (Phi) is 17.1. The van der Waals surface area contributed by atoms with Crippen molar-refractivity contribution in [3.05, 3.63) is 128 Å². The van der Waals surface area contributed by atoms with E-state index in [1.165, 1.54) is 43.2 Å². The molecule has 14 heteroatoms. The molecule has 3 N–H and O–H groups in total. The minimum atomic E-state index is -0.774. The number of carbonyl (C=O) groups is 4. The topological polar surface area (TPSA) is 133 Å². The minimum absolute atomic E-state index is 0. The third kappa shape index (κ3) is 12.2. The van der Waals surface area contributed by atoms with Crippen molar-refractivity contribution in [3.63, 3.8) is 0 Å². The molecule has 4 fully saturated rings. The van der Waals surface area contributed by atoms with Crippen LogP contribution in [-0.4, -0.2) is 90.1 Å². The van der Waals surface area contributed by atoms with Crippen molar-refractivity contribution >= 4 is 52.2 Å². The highest BCUT2D eigenvalue weighted by Gasteiger charge is 2.53. The number of urea groups is 2. The molecule has 4 aromatic carbocycles. The van der Waals surface area contributed by atoms with Gasteiger partial charge in [0.15, 0.2) is 0 Å². The second kappa shape index (κ2) is 21.8. The van der Waals surface area contributed by atoms with E-state index in [0.717, 1.165) is 71.8 Å². The van der Waals surface area contributed by atoms with Gasteiger partial charge >= 0.3 is 12.1 Å². The SMILES string of the molecule is COc1cc(C)cc(CN2C(=O)NC3(CCN(Cc4cc(C)cc(C)c4)CC3)C2=O)c1.COc1cc(C)cc(CN2C(=O)NC3(CCNCC3)C2=O)c1.Cc1cc(C)cc(CBr)c1.Cl. The predicted octanol–water partition coefficient (Wildman–Crippen LogP) is 8.50. The summed E-state index contributed by atoms with van der Waals surface area (Å²) in [6.07, 6.45) is 2.56. The van der Waals surface area contributed by atoms with Crippen molar-refractivity contribution in [2.24, 2.45) is 0 Å². The van der Waals surface area contributed by atoms with Crippen LogP contribution in [0.4, 0.5) is 9.59 Å². The molecule has 64 heavy (non-hydrogen) atoms. The molecule has 4 heterocycles. The van der Waals surface area contributed by atoms with Gasteiger partial charge in [-0.15, -0.1) is 12.4 Å². The molecule has 0 bridgehead atoms. The molecule has 344 valence electrons. The highest BCUT2D eigenvalue weighted by molar-refractivity contribution is 9.08. The lowest BCUT2D eigenvalue weighted by molar-refractivity contribution is -0.133. The maximum atomic E-state index is 13.3. The highest BCUT2D eigenvalue weighted by atomic mass is 79.9. The van der Waals surface area contributed by atoms with Crippen LogP contribution in [0.1, 0.15) is 81.3 Å². The molecule has 2 spiro atoms. The largest absolute Gasteiger partial charge is 0.497 e. The van der Waals surface area contributed by atoms with Crippen LogP contribution in [0, 0.1) is 41.5 Å². The average molecular weight is 960 g/mol. The van der Waals surface area contributed by atoms with Gasteiger partial charge in [0.25, 0.3) is 11.8 Å². The monoisotopic (exact) mass is 958 g/mol. The first kappa shape index (κ1) is 50.1. The fraction of sp³-hybridized carbons (Fsp3) is 0.440. The van der Waals surface area contributed by atoms with Crippen molar-refractivity contribution in [2.75, 3.05) is 40.4 Å². The number of nitrogens with zero attached hydrogens (tertiary/aromatic N) is 3. The van der Waals surface area contributed by atoms with Crippen molar-refractivity contribution in [3.8, 4) is 11.5 Å². The number of imide groups is 2. The summed E-state index contributed by atoms with van der Waals surface area (Å²) in [5.74, 6) is 1.25. The van der Waals surface area contributed by atoms with E-state index in [2.05, 4.69) is 101 Å². The Bertz CT molecular complexity index is 2290. The number of benzene rings is 4. The summed E-state index contributed by atoms with van der Waals surface area (Å²) in [4.78, 5) is 56.0. The first-order chi connectivity index (χ1) is 30.0. The zero-order valence-electron chi connectivity index (χ0n) is 38.5. The summed E-state index contributed by atoms with van der Waals surface area (Å²) < 4.78 is 10.6. The van der Waals surface area contributed by atoms with Crippen LogP contribution in [0.15, 0.2) is 72.8 Å². The zero-order chi connectivity index (χ0) is 45.5. The van der Waals surface area contributed by atoms with Gasteiger partial charge in [0.1, 0.15) is 22.6 Å². The van der Waals surface area contributed by atoms with Gasteiger partial charge in [0.2, 0.25) is 0 Å². The lowest BCUT2D eigenvalue weighted by Gasteiger charge is -2.37. The van der Waals surface area contributed by atoms with Crippen molar-refractivity contribution in [1.29, 1.82) is 0 Å². The Balaban J connectivity index is 0.000000203. The number of aryl methyl sites for hydroxylation is 6. The number of carbonyl (C=O) groups excluding carboxylic acids is 4. The van der Waals surface area contributed by atoms with Crippen LogP contribution in [0.25, 0.3) is 0 Å². The third-order valence-corrected chi connectivity index (χ3v) is 12.8. The fourth-order valence-electron chi connectivity index (χ4n) is 9.26. The molecule has 0 unspecified atom stereocenters. The number of ether oxygens (including phenoxy) is 2. The number of amides is 6. The summed E-state index contributed by atoms with van der Waals surface area (Å²) >= 11 is 3.43. The smallest absolute Gasteiger partial charge is 0.325 e. The quantitative estimate of drug-likeness (QED) is 0.113. The molecule has 12 nitrogen and oxygen atoms in total. The number of likely N-dealkylation sites (tertiary alicyclic amines) is 1. The van der Waals surface area contributed by atoms with Gasteiger partial charge in [-0.25, -0.2) is 9.59 Å². The van der Waals surface area contributed by atoms with E-state index < -0.39 is 11.1 Å². The first-order valence-corrected chi connectivity index (χ1v) is 22.9. The standard InChI is InChI=1S/C25H31N3O3.C16H21N3O3.C9H11Br.ClH/c1-17-9-18(2)11-20(10-17)15-27-7-5-25(6-8-27)23(29)28(24(30)26-25)16-21-12-19(3)13-22(14-21)31-4;1-11-7-12(9-13(8-11)22-2)10-19-14(20)16(18-15(19)21)3-5-17-6-4-16;1-7-3-8(2)5-9(4-7)6-10;/h9-14H,5-8,15-16H2,1-4H3,(H,26,30);7-9,17H,3-6,10H2,1-2H3,(H,18,21);3-5H,6H2,1-2H3;1H. The Labute approximate surface area is 393 Å². The molecule has 4 saturated heterocycles. The van der Waals surface area contributed by atoms with Crippen molar-refractivity contribution < 1.29 is 28.7 Å². The molecule has 0 saturated carbocycles. The van der Waals surface area contributed by atoms with Gasteiger partial charge in [-0.1, -0.05) is 86.7 Å². The van der Waals surface area contributed by atoms with Crippen LogP contribution < -0.4 is 25.4 Å². The summed E-state index contributed by atoms with van der Waals surface area (Å²) in [6.45, 7) is 16.9. The Morgan fingerprint density at radius 2 is 0.875 bits per heavy atom. The molecule has 0 aromatic heterocycles. The number of methoxy groups -OCH3 is 2.